The fraction of sp³-hybridized carbons (Fsp3) is 0.562. The van der Waals surface area contributed by atoms with E-state index in [0.29, 0.717) is 0 Å². The number of morpholine rings is 1. The second-order valence-electron chi connectivity index (χ2n) is 6.20. The van der Waals surface area contributed by atoms with Gasteiger partial charge in [0, 0.05) is 43.6 Å². The molecule has 2 aromatic heterocycles. The zero-order valence-electron chi connectivity index (χ0n) is 13.1. The summed E-state index contributed by atoms with van der Waals surface area (Å²) in [5.74, 6) is 0.820. The second kappa shape index (κ2) is 6.51. The van der Waals surface area contributed by atoms with Crippen molar-refractivity contribution < 1.29 is 4.74 Å². The minimum Gasteiger partial charge on any atom is -0.371 e. The third-order valence-corrected chi connectivity index (χ3v) is 5.46. The Hall–Kier alpha value is -1.57. The molecule has 4 rings (SSSR count). The molecule has 6 nitrogen and oxygen atoms in total. The Morgan fingerprint density at radius 2 is 1.91 bits per heavy atom. The molecule has 0 unspecified atom stereocenters. The average molecular weight is 331 g/mol. The highest BCUT2D eigenvalue weighted by molar-refractivity contribution is 7.09. The van der Waals surface area contributed by atoms with Crippen molar-refractivity contribution in [1.29, 1.82) is 0 Å². The molecule has 0 amide bonds. The van der Waals surface area contributed by atoms with Crippen LogP contribution in [0.15, 0.2) is 30.0 Å². The van der Waals surface area contributed by atoms with E-state index in [4.69, 9.17) is 4.74 Å². The fourth-order valence-electron chi connectivity index (χ4n) is 3.41. The van der Waals surface area contributed by atoms with Crippen molar-refractivity contribution in [3.8, 4) is 0 Å². The summed E-state index contributed by atoms with van der Waals surface area (Å²) in [7, 11) is 0. The van der Waals surface area contributed by atoms with Gasteiger partial charge in [0.15, 0.2) is 0 Å². The molecule has 2 aliphatic heterocycles. The van der Waals surface area contributed by atoms with Gasteiger partial charge in [-0.05, 0) is 18.9 Å². The zero-order chi connectivity index (χ0) is 15.5. The predicted octanol–water partition coefficient (Wildman–Crippen LogP) is 1.80. The van der Waals surface area contributed by atoms with Gasteiger partial charge >= 0.3 is 0 Å². The summed E-state index contributed by atoms with van der Waals surface area (Å²) >= 11 is 1.73. The molecule has 0 atom stereocenters. The van der Waals surface area contributed by atoms with Crippen LogP contribution in [0.5, 0.6) is 0 Å². The molecule has 0 aromatic carbocycles. The Kier molecular flexibility index (Phi) is 4.24. The summed E-state index contributed by atoms with van der Waals surface area (Å²) in [6.07, 6.45) is 7.61. The van der Waals surface area contributed by atoms with Crippen LogP contribution in [-0.2, 0) is 11.3 Å². The van der Waals surface area contributed by atoms with Crippen LogP contribution in [0.4, 0.5) is 5.95 Å². The van der Waals surface area contributed by atoms with Crippen molar-refractivity contribution in [2.45, 2.75) is 25.0 Å². The molecule has 4 heterocycles. The summed E-state index contributed by atoms with van der Waals surface area (Å²) < 4.78 is 6.20. The van der Waals surface area contributed by atoms with Gasteiger partial charge < -0.3 is 9.64 Å². The lowest BCUT2D eigenvalue weighted by molar-refractivity contribution is -0.0924. The SMILES string of the molecule is c1cnc(N2CCOC3(CCN(Cc4nccs4)CC3)C2)nc1. The number of ether oxygens (including phenoxy) is 1. The summed E-state index contributed by atoms with van der Waals surface area (Å²) in [6, 6.07) is 1.86. The highest BCUT2D eigenvalue weighted by Gasteiger charge is 2.40. The van der Waals surface area contributed by atoms with Crippen LogP contribution in [0.1, 0.15) is 17.8 Å². The average Bonchev–Trinajstić information content (AvgIpc) is 3.11. The topological polar surface area (TPSA) is 54.4 Å². The van der Waals surface area contributed by atoms with Crippen LogP contribution in [-0.4, -0.2) is 58.2 Å². The van der Waals surface area contributed by atoms with Gasteiger partial charge in [-0.15, -0.1) is 11.3 Å². The third-order valence-electron chi connectivity index (χ3n) is 4.69. The van der Waals surface area contributed by atoms with E-state index < -0.39 is 0 Å². The van der Waals surface area contributed by atoms with E-state index >= 15 is 0 Å². The van der Waals surface area contributed by atoms with Crippen LogP contribution in [0.3, 0.4) is 0 Å². The van der Waals surface area contributed by atoms with Crippen LogP contribution in [0.25, 0.3) is 0 Å². The fourth-order valence-corrected chi connectivity index (χ4v) is 4.07. The molecule has 2 fully saturated rings. The number of anilines is 1. The molecule has 2 aromatic rings. The molecule has 23 heavy (non-hydrogen) atoms. The maximum Gasteiger partial charge on any atom is 0.225 e. The molecule has 0 saturated carbocycles. The number of hydrogen-bond donors (Lipinski definition) is 0. The number of thiazole rings is 1. The van der Waals surface area contributed by atoms with E-state index in [-0.39, 0.29) is 5.60 Å². The first kappa shape index (κ1) is 15.0. The van der Waals surface area contributed by atoms with Crippen molar-refractivity contribution in [2.75, 3.05) is 37.7 Å². The Morgan fingerprint density at radius 3 is 2.65 bits per heavy atom. The number of aromatic nitrogens is 3. The number of piperidine rings is 1. The third kappa shape index (κ3) is 3.36. The van der Waals surface area contributed by atoms with Gasteiger partial charge in [0.25, 0.3) is 0 Å². The lowest BCUT2D eigenvalue weighted by Crippen LogP contribution is -2.57. The lowest BCUT2D eigenvalue weighted by atomic mass is 9.89. The molecule has 0 aliphatic carbocycles. The highest BCUT2D eigenvalue weighted by Crippen LogP contribution is 2.31. The number of nitrogens with zero attached hydrogens (tertiary/aromatic N) is 5. The van der Waals surface area contributed by atoms with E-state index in [0.717, 1.165) is 58.1 Å². The quantitative estimate of drug-likeness (QED) is 0.855. The van der Waals surface area contributed by atoms with Gasteiger partial charge in [-0.2, -0.15) is 0 Å². The van der Waals surface area contributed by atoms with Crippen molar-refractivity contribution in [2.24, 2.45) is 0 Å². The largest absolute Gasteiger partial charge is 0.371 e. The smallest absolute Gasteiger partial charge is 0.225 e. The first-order chi connectivity index (χ1) is 11.3. The second-order valence-corrected chi connectivity index (χ2v) is 7.18. The molecular weight excluding hydrogens is 310 g/mol. The summed E-state index contributed by atoms with van der Waals surface area (Å²) in [4.78, 5) is 17.9. The predicted molar refractivity (Wildman–Crippen MR) is 89.6 cm³/mol. The number of likely N-dealkylation sites (tertiary alicyclic amines) is 1. The van der Waals surface area contributed by atoms with E-state index in [1.54, 1.807) is 23.7 Å². The van der Waals surface area contributed by atoms with Crippen molar-refractivity contribution >= 4 is 17.3 Å². The maximum absolute atomic E-state index is 6.20. The van der Waals surface area contributed by atoms with Crippen molar-refractivity contribution in [1.82, 2.24) is 19.9 Å². The van der Waals surface area contributed by atoms with Crippen LogP contribution >= 0.6 is 11.3 Å². The minimum atomic E-state index is -0.0448. The number of rotatable bonds is 3. The molecule has 0 N–H and O–H groups in total. The highest BCUT2D eigenvalue weighted by atomic mass is 32.1. The molecular formula is C16H21N5OS. The minimum absolute atomic E-state index is 0.0448. The first-order valence-corrected chi connectivity index (χ1v) is 8.98. The van der Waals surface area contributed by atoms with E-state index in [1.807, 2.05) is 17.6 Å². The molecule has 1 spiro atoms. The van der Waals surface area contributed by atoms with Gasteiger partial charge in [-0.3, -0.25) is 4.90 Å². The van der Waals surface area contributed by atoms with Gasteiger partial charge in [0.2, 0.25) is 5.95 Å². The van der Waals surface area contributed by atoms with E-state index in [2.05, 4.69) is 24.8 Å². The summed E-state index contributed by atoms with van der Waals surface area (Å²) in [6.45, 7) is 5.59. The van der Waals surface area contributed by atoms with E-state index in [9.17, 15) is 0 Å². The molecule has 2 aliphatic rings. The first-order valence-electron chi connectivity index (χ1n) is 8.10. The molecule has 122 valence electrons. The monoisotopic (exact) mass is 331 g/mol. The van der Waals surface area contributed by atoms with Crippen LogP contribution < -0.4 is 4.90 Å². The summed E-state index contributed by atoms with van der Waals surface area (Å²) in [5.41, 5.74) is -0.0448. The Balaban J connectivity index is 1.38. The van der Waals surface area contributed by atoms with Gasteiger partial charge in [-0.25, -0.2) is 15.0 Å². The lowest BCUT2D eigenvalue weighted by Gasteiger charge is -2.47. The van der Waals surface area contributed by atoms with Crippen molar-refractivity contribution in [3.05, 3.63) is 35.0 Å². The van der Waals surface area contributed by atoms with Crippen LogP contribution in [0, 0.1) is 0 Å². The van der Waals surface area contributed by atoms with Crippen LogP contribution in [0.2, 0.25) is 0 Å². The van der Waals surface area contributed by atoms with Gasteiger partial charge in [0.05, 0.1) is 25.3 Å². The van der Waals surface area contributed by atoms with Gasteiger partial charge in [-0.1, -0.05) is 0 Å². The Labute approximate surface area is 140 Å². The Morgan fingerprint density at radius 1 is 1.09 bits per heavy atom. The molecule has 2 saturated heterocycles. The molecule has 7 heteroatoms. The molecule has 0 radical (unpaired) electrons. The van der Waals surface area contributed by atoms with Gasteiger partial charge in [0.1, 0.15) is 5.01 Å². The van der Waals surface area contributed by atoms with Crippen molar-refractivity contribution in [3.63, 3.8) is 0 Å². The molecule has 0 bridgehead atoms. The maximum atomic E-state index is 6.20. The van der Waals surface area contributed by atoms with E-state index in [1.165, 1.54) is 5.01 Å². The standard InChI is InChI=1S/C16H21N5OS/c1-4-18-15(19-5-1)21-9-10-22-16(13-21)2-7-20(8-3-16)12-14-17-6-11-23-14/h1,4-6,11H,2-3,7-10,12-13H2. The summed E-state index contributed by atoms with van der Waals surface area (Å²) in [5, 5.41) is 3.24. The zero-order valence-corrected chi connectivity index (χ0v) is 13.9. The number of hydrogen-bond acceptors (Lipinski definition) is 7. The Bertz CT molecular complexity index is 613. The normalized spacial score (nSPS) is 21.7.